The number of rotatable bonds is 11. The van der Waals surface area contributed by atoms with Gasteiger partial charge in [-0.3, -0.25) is 9.59 Å². The van der Waals surface area contributed by atoms with Gasteiger partial charge in [0.1, 0.15) is 11.6 Å². The zero-order valence-corrected chi connectivity index (χ0v) is 23.4. The normalized spacial score (nSPS) is 18.3. The molecule has 1 atom stereocenters. The molecule has 0 radical (unpaired) electrons. The zero-order valence-electron chi connectivity index (χ0n) is 22.6. The van der Waals surface area contributed by atoms with Crippen molar-refractivity contribution in [2.24, 2.45) is 11.8 Å². The van der Waals surface area contributed by atoms with Crippen LogP contribution >= 0.6 is 11.8 Å². The number of nitrogens with one attached hydrogen (secondary N) is 1. The second-order valence-corrected chi connectivity index (χ2v) is 11.9. The molecule has 11 heteroatoms. The molecule has 2 aliphatic rings. The number of carbonyl (C=O) groups excluding carboxylic acids is 3. The van der Waals surface area contributed by atoms with Crippen molar-refractivity contribution in [2.45, 2.75) is 95.9 Å². The van der Waals surface area contributed by atoms with E-state index in [-0.39, 0.29) is 40.7 Å². The molecule has 1 saturated carbocycles. The van der Waals surface area contributed by atoms with Gasteiger partial charge in [0.25, 0.3) is 11.1 Å². The summed E-state index contributed by atoms with van der Waals surface area (Å²) in [6.45, 7) is 9.67. The van der Waals surface area contributed by atoms with Gasteiger partial charge < -0.3 is 24.1 Å². The van der Waals surface area contributed by atoms with Crippen LogP contribution in [0.1, 0.15) is 89.7 Å². The third kappa shape index (κ3) is 9.28. The van der Waals surface area contributed by atoms with E-state index in [4.69, 9.17) is 13.9 Å². The van der Waals surface area contributed by atoms with Gasteiger partial charge >= 0.3 is 6.09 Å². The minimum absolute atomic E-state index is 0.0341. The van der Waals surface area contributed by atoms with Crippen LogP contribution in [0.5, 0.6) is 0 Å². The van der Waals surface area contributed by atoms with Crippen LogP contribution in [0.15, 0.2) is 9.64 Å². The predicted molar refractivity (Wildman–Crippen MR) is 139 cm³/mol. The van der Waals surface area contributed by atoms with E-state index in [9.17, 15) is 14.4 Å². The van der Waals surface area contributed by atoms with Crippen LogP contribution in [-0.4, -0.2) is 76.6 Å². The SMILES string of the molecule is CCCN(CCSc1nnc(C(=O)C(NC(=O)C2CCCCC2)C2CCOCC2)o1)C(=O)OC(C)(C)C. The summed E-state index contributed by atoms with van der Waals surface area (Å²) in [5.41, 5.74) is -0.564. The highest BCUT2D eigenvalue weighted by Crippen LogP contribution is 2.27. The summed E-state index contributed by atoms with van der Waals surface area (Å²) in [6.07, 6.45) is 6.80. The molecule has 37 heavy (non-hydrogen) atoms. The molecule has 2 amide bonds. The summed E-state index contributed by atoms with van der Waals surface area (Å²) in [5, 5.41) is 11.3. The number of hydrogen-bond acceptors (Lipinski definition) is 9. The van der Waals surface area contributed by atoms with E-state index in [2.05, 4.69) is 15.5 Å². The van der Waals surface area contributed by atoms with E-state index < -0.39 is 11.6 Å². The maximum atomic E-state index is 13.4. The van der Waals surface area contributed by atoms with E-state index in [1.54, 1.807) is 4.90 Å². The highest BCUT2D eigenvalue weighted by molar-refractivity contribution is 7.99. The summed E-state index contributed by atoms with van der Waals surface area (Å²) in [6, 6.07) is -0.705. The fourth-order valence-electron chi connectivity index (χ4n) is 4.72. The van der Waals surface area contributed by atoms with Crippen molar-refractivity contribution in [1.82, 2.24) is 20.4 Å². The van der Waals surface area contributed by atoms with Crippen molar-refractivity contribution in [3.63, 3.8) is 0 Å². The van der Waals surface area contributed by atoms with Crippen LogP contribution in [0.3, 0.4) is 0 Å². The maximum Gasteiger partial charge on any atom is 0.410 e. The van der Waals surface area contributed by atoms with Crippen LogP contribution in [0.4, 0.5) is 4.79 Å². The molecule has 1 aliphatic carbocycles. The number of amides is 2. The lowest BCUT2D eigenvalue weighted by Crippen LogP contribution is -2.49. The number of ether oxygens (including phenoxy) is 2. The molecule has 208 valence electrons. The van der Waals surface area contributed by atoms with Gasteiger partial charge in [-0.15, -0.1) is 10.2 Å². The van der Waals surface area contributed by atoms with Crippen LogP contribution in [0, 0.1) is 11.8 Å². The van der Waals surface area contributed by atoms with Crippen LogP contribution in [0.25, 0.3) is 0 Å². The molecule has 1 aliphatic heterocycles. The lowest BCUT2D eigenvalue weighted by atomic mass is 9.86. The largest absolute Gasteiger partial charge is 0.444 e. The Bertz CT molecular complexity index is 890. The van der Waals surface area contributed by atoms with Crippen molar-refractivity contribution in [1.29, 1.82) is 0 Å². The molecular weight excluding hydrogens is 496 g/mol. The third-order valence-corrected chi connectivity index (χ3v) is 7.44. The Morgan fingerprint density at radius 1 is 1.08 bits per heavy atom. The average Bonchev–Trinajstić information content (AvgIpc) is 3.35. The summed E-state index contributed by atoms with van der Waals surface area (Å²) >= 11 is 1.28. The molecule has 1 N–H and O–H groups in total. The number of nitrogens with zero attached hydrogens (tertiary/aromatic N) is 3. The van der Waals surface area contributed by atoms with E-state index in [1.165, 1.54) is 11.8 Å². The topological polar surface area (TPSA) is 124 Å². The fraction of sp³-hybridized carbons (Fsp3) is 0.808. The number of hydrogen-bond donors (Lipinski definition) is 1. The maximum absolute atomic E-state index is 13.4. The molecule has 2 fully saturated rings. The van der Waals surface area contributed by atoms with Gasteiger partial charge in [-0.1, -0.05) is 37.9 Å². The van der Waals surface area contributed by atoms with Gasteiger partial charge in [0, 0.05) is 38.0 Å². The Morgan fingerprint density at radius 3 is 2.43 bits per heavy atom. The predicted octanol–water partition coefficient (Wildman–Crippen LogP) is 4.48. The van der Waals surface area contributed by atoms with Gasteiger partial charge in [-0.25, -0.2) is 4.79 Å². The van der Waals surface area contributed by atoms with Crippen LogP contribution < -0.4 is 5.32 Å². The Hall–Kier alpha value is -2.14. The van der Waals surface area contributed by atoms with Crippen LogP contribution in [-0.2, 0) is 14.3 Å². The van der Waals surface area contributed by atoms with E-state index in [0.29, 0.717) is 44.9 Å². The number of Topliss-reactive ketones (excluding diaryl/α,β-unsaturated/α-hetero) is 1. The van der Waals surface area contributed by atoms with E-state index in [0.717, 1.165) is 38.5 Å². The number of aromatic nitrogens is 2. The first kappa shape index (κ1) is 29.4. The highest BCUT2D eigenvalue weighted by atomic mass is 32.2. The lowest BCUT2D eigenvalue weighted by Gasteiger charge is -2.31. The Kier molecular flexibility index (Phi) is 11.2. The molecule has 1 saturated heterocycles. The molecular formula is C26H42N4O6S. The lowest BCUT2D eigenvalue weighted by molar-refractivity contribution is -0.127. The van der Waals surface area contributed by atoms with Gasteiger partial charge in [0.15, 0.2) is 0 Å². The number of ketones is 1. The third-order valence-electron chi connectivity index (χ3n) is 6.64. The summed E-state index contributed by atoms with van der Waals surface area (Å²) in [4.78, 5) is 40.5. The first-order chi connectivity index (χ1) is 17.7. The first-order valence-corrected chi connectivity index (χ1v) is 14.5. The zero-order chi connectivity index (χ0) is 26.8. The van der Waals surface area contributed by atoms with Gasteiger partial charge in [-0.05, 0) is 58.8 Å². The summed E-state index contributed by atoms with van der Waals surface area (Å²) in [7, 11) is 0. The fourth-order valence-corrected chi connectivity index (χ4v) is 5.44. The molecule has 1 aromatic heterocycles. The van der Waals surface area contributed by atoms with Crippen molar-refractivity contribution >= 4 is 29.5 Å². The summed E-state index contributed by atoms with van der Waals surface area (Å²) < 4.78 is 16.7. The second-order valence-electron chi connectivity index (χ2n) is 10.8. The average molecular weight is 539 g/mol. The Balaban J connectivity index is 1.60. The quantitative estimate of drug-likeness (QED) is 0.321. The molecule has 1 aromatic rings. The molecule has 0 spiro atoms. The molecule has 10 nitrogen and oxygen atoms in total. The minimum atomic E-state index is -0.705. The monoisotopic (exact) mass is 538 g/mol. The Labute approximate surface area is 224 Å². The molecule has 0 bridgehead atoms. The second kappa shape index (κ2) is 14.1. The van der Waals surface area contributed by atoms with E-state index >= 15 is 0 Å². The smallest absolute Gasteiger partial charge is 0.410 e. The van der Waals surface area contributed by atoms with Gasteiger partial charge in [0.2, 0.25) is 11.7 Å². The first-order valence-electron chi connectivity index (χ1n) is 13.5. The molecule has 2 heterocycles. The van der Waals surface area contributed by atoms with Crippen molar-refractivity contribution in [2.75, 3.05) is 32.1 Å². The Morgan fingerprint density at radius 2 is 1.78 bits per heavy atom. The highest BCUT2D eigenvalue weighted by Gasteiger charge is 2.36. The summed E-state index contributed by atoms with van der Waals surface area (Å²) in [5.74, 6) is -0.0762. The van der Waals surface area contributed by atoms with Crippen molar-refractivity contribution in [3.05, 3.63) is 5.89 Å². The molecule has 3 rings (SSSR count). The number of carbonyl (C=O) groups is 3. The standard InChI is InChI=1S/C26H42N4O6S/c1-5-13-30(25(33)36-26(2,3)4)14-17-37-24-29-28-23(35-24)21(31)20(18-11-15-34-16-12-18)27-22(32)19-9-7-6-8-10-19/h18-20H,5-17H2,1-4H3,(H,27,32). The van der Waals surface area contributed by atoms with Crippen LogP contribution in [0.2, 0.25) is 0 Å². The molecule has 0 aromatic carbocycles. The van der Waals surface area contributed by atoms with Gasteiger partial charge in [0.05, 0.1) is 0 Å². The molecule has 1 unspecified atom stereocenters. The van der Waals surface area contributed by atoms with E-state index in [1.807, 2.05) is 27.7 Å². The van der Waals surface area contributed by atoms with Crippen molar-refractivity contribution in [3.8, 4) is 0 Å². The number of thioether (sulfide) groups is 1. The minimum Gasteiger partial charge on any atom is -0.444 e. The van der Waals surface area contributed by atoms with Gasteiger partial charge in [-0.2, -0.15) is 0 Å². The van der Waals surface area contributed by atoms with Crippen molar-refractivity contribution < 1.29 is 28.3 Å².